The van der Waals surface area contributed by atoms with Gasteiger partial charge in [-0.1, -0.05) is 22.0 Å². The average Bonchev–Trinajstić information content (AvgIpc) is 2.57. The predicted octanol–water partition coefficient (Wildman–Crippen LogP) is 4.24. The van der Waals surface area contributed by atoms with Crippen LogP contribution in [0.15, 0.2) is 46.9 Å². The molecule has 0 radical (unpaired) electrons. The van der Waals surface area contributed by atoms with Crippen LogP contribution in [0.4, 0.5) is 0 Å². The Balaban J connectivity index is 2.25. The molecule has 2 aromatic carbocycles. The number of ether oxygens (including phenoxy) is 3. The van der Waals surface area contributed by atoms with Gasteiger partial charge in [-0.3, -0.25) is 0 Å². The van der Waals surface area contributed by atoms with E-state index in [-0.39, 0.29) is 17.9 Å². The van der Waals surface area contributed by atoms with E-state index in [1.165, 1.54) is 0 Å². The Morgan fingerprint density at radius 1 is 1.00 bits per heavy atom. The van der Waals surface area contributed by atoms with Crippen molar-refractivity contribution in [2.75, 3.05) is 13.2 Å². The molecule has 0 bridgehead atoms. The van der Waals surface area contributed by atoms with E-state index in [9.17, 15) is 9.59 Å². The summed E-state index contributed by atoms with van der Waals surface area (Å²) in [5, 5.41) is 0. The zero-order valence-corrected chi connectivity index (χ0v) is 15.0. The summed E-state index contributed by atoms with van der Waals surface area (Å²) in [6.07, 6.45) is 0. The minimum atomic E-state index is -0.579. The van der Waals surface area contributed by atoms with Gasteiger partial charge in [0, 0.05) is 4.47 Å². The standard InChI is InChI=1S/C18H17BrO5/c1-3-22-14-7-5-6-12(10-14)17(20)24-16-9-8-13(19)11-15(16)18(21)23-4-2/h5-11H,3-4H2,1-2H3. The number of rotatable bonds is 6. The van der Waals surface area contributed by atoms with Crippen LogP contribution in [0.3, 0.4) is 0 Å². The molecule has 0 unspecified atom stereocenters. The first-order valence-corrected chi connectivity index (χ1v) is 8.26. The molecule has 0 atom stereocenters. The first kappa shape index (κ1) is 18.0. The molecule has 24 heavy (non-hydrogen) atoms. The second kappa shape index (κ2) is 8.49. The molecule has 0 aromatic heterocycles. The summed E-state index contributed by atoms with van der Waals surface area (Å²) in [6, 6.07) is 11.4. The second-order valence-corrected chi connectivity index (χ2v) is 5.63. The molecule has 0 amide bonds. The second-order valence-electron chi connectivity index (χ2n) is 4.71. The monoisotopic (exact) mass is 392 g/mol. The van der Waals surface area contributed by atoms with Gasteiger partial charge in [0.15, 0.2) is 0 Å². The van der Waals surface area contributed by atoms with Gasteiger partial charge in [-0.25, -0.2) is 9.59 Å². The van der Waals surface area contributed by atoms with Gasteiger partial charge in [-0.2, -0.15) is 0 Å². The fraction of sp³-hybridized carbons (Fsp3) is 0.222. The van der Waals surface area contributed by atoms with Gasteiger partial charge in [0.1, 0.15) is 17.1 Å². The summed E-state index contributed by atoms with van der Waals surface area (Å²) in [7, 11) is 0. The number of hydrogen-bond donors (Lipinski definition) is 0. The largest absolute Gasteiger partial charge is 0.494 e. The molecule has 0 N–H and O–H groups in total. The van der Waals surface area contributed by atoms with Crippen LogP contribution in [0.2, 0.25) is 0 Å². The summed E-state index contributed by atoms with van der Waals surface area (Å²) < 4.78 is 16.4. The SMILES string of the molecule is CCOC(=O)c1cc(Br)ccc1OC(=O)c1cccc(OCC)c1. The highest BCUT2D eigenvalue weighted by molar-refractivity contribution is 9.10. The zero-order valence-electron chi connectivity index (χ0n) is 13.4. The Labute approximate surface area is 148 Å². The molecule has 0 aliphatic carbocycles. The highest BCUT2D eigenvalue weighted by Crippen LogP contribution is 2.25. The van der Waals surface area contributed by atoms with Crippen LogP contribution in [-0.2, 0) is 4.74 Å². The van der Waals surface area contributed by atoms with Crippen molar-refractivity contribution in [3.05, 3.63) is 58.1 Å². The molecule has 2 rings (SSSR count). The molecule has 126 valence electrons. The highest BCUT2D eigenvalue weighted by Gasteiger charge is 2.18. The van der Waals surface area contributed by atoms with Crippen molar-refractivity contribution in [3.8, 4) is 11.5 Å². The van der Waals surface area contributed by atoms with Crippen molar-refractivity contribution >= 4 is 27.9 Å². The van der Waals surface area contributed by atoms with E-state index < -0.39 is 11.9 Å². The van der Waals surface area contributed by atoms with E-state index >= 15 is 0 Å². The number of benzene rings is 2. The maximum Gasteiger partial charge on any atom is 0.343 e. The molecule has 5 nitrogen and oxygen atoms in total. The van der Waals surface area contributed by atoms with Crippen LogP contribution in [0.5, 0.6) is 11.5 Å². The van der Waals surface area contributed by atoms with Crippen LogP contribution in [0.1, 0.15) is 34.6 Å². The lowest BCUT2D eigenvalue weighted by atomic mass is 10.2. The maximum absolute atomic E-state index is 12.3. The van der Waals surface area contributed by atoms with E-state index in [0.29, 0.717) is 22.4 Å². The number of carbonyl (C=O) groups is 2. The van der Waals surface area contributed by atoms with Crippen molar-refractivity contribution in [2.45, 2.75) is 13.8 Å². The molecule has 0 aliphatic rings. The summed E-state index contributed by atoms with van der Waals surface area (Å²) in [4.78, 5) is 24.4. The van der Waals surface area contributed by atoms with Crippen LogP contribution >= 0.6 is 15.9 Å². The molecule has 0 spiro atoms. The van der Waals surface area contributed by atoms with Gasteiger partial charge in [0.05, 0.1) is 18.8 Å². The minimum Gasteiger partial charge on any atom is -0.494 e. The normalized spacial score (nSPS) is 10.1. The Morgan fingerprint density at radius 2 is 1.79 bits per heavy atom. The van der Waals surface area contributed by atoms with E-state index in [1.54, 1.807) is 49.4 Å². The fourth-order valence-electron chi connectivity index (χ4n) is 2.00. The third kappa shape index (κ3) is 4.58. The zero-order chi connectivity index (χ0) is 17.5. The molecule has 2 aromatic rings. The smallest absolute Gasteiger partial charge is 0.343 e. The predicted molar refractivity (Wildman–Crippen MR) is 92.7 cm³/mol. The summed E-state index contributed by atoms with van der Waals surface area (Å²) >= 11 is 3.29. The van der Waals surface area contributed by atoms with E-state index in [0.717, 1.165) is 0 Å². The van der Waals surface area contributed by atoms with E-state index in [1.807, 2.05) is 6.92 Å². The molecule has 0 saturated carbocycles. The van der Waals surface area contributed by atoms with Crippen LogP contribution in [0, 0.1) is 0 Å². The van der Waals surface area contributed by atoms with Crippen LogP contribution in [0.25, 0.3) is 0 Å². The maximum atomic E-state index is 12.3. The molecular formula is C18H17BrO5. The molecule has 6 heteroatoms. The van der Waals surface area contributed by atoms with Gasteiger partial charge in [0.25, 0.3) is 0 Å². The lowest BCUT2D eigenvalue weighted by molar-refractivity contribution is 0.0520. The van der Waals surface area contributed by atoms with Gasteiger partial charge >= 0.3 is 11.9 Å². The van der Waals surface area contributed by atoms with Gasteiger partial charge in [-0.15, -0.1) is 0 Å². The number of hydrogen-bond acceptors (Lipinski definition) is 5. The van der Waals surface area contributed by atoms with Crippen molar-refractivity contribution in [1.82, 2.24) is 0 Å². The van der Waals surface area contributed by atoms with Gasteiger partial charge < -0.3 is 14.2 Å². The highest BCUT2D eigenvalue weighted by atomic mass is 79.9. The Hall–Kier alpha value is -2.34. The lowest BCUT2D eigenvalue weighted by Gasteiger charge is -2.11. The summed E-state index contributed by atoms with van der Waals surface area (Å²) in [5.41, 5.74) is 0.513. The number of carbonyl (C=O) groups excluding carboxylic acids is 2. The Bertz CT molecular complexity index is 742. The molecule has 0 heterocycles. The fourth-order valence-corrected chi connectivity index (χ4v) is 2.36. The molecular weight excluding hydrogens is 376 g/mol. The average molecular weight is 393 g/mol. The van der Waals surface area contributed by atoms with Gasteiger partial charge in [0.2, 0.25) is 0 Å². The number of halogens is 1. The minimum absolute atomic E-state index is 0.142. The number of esters is 2. The van der Waals surface area contributed by atoms with Crippen LogP contribution in [-0.4, -0.2) is 25.2 Å². The van der Waals surface area contributed by atoms with E-state index in [2.05, 4.69) is 15.9 Å². The first-order valence-electron chi connectivity index (χ1n) is 7.46. The molecule has 0 fully saturated rings. The van der Waals surface area contributed by atoms with Crippen molar-refractivity contribution in [3.63, 3.8) is 0 Å². The van der Waals surface area contributed by atoms with Crippen molar-refractivity contribution in [2.24, 2.45) is 0 Å². The first-order chi connectivity index (χ1) is 11.5. The topological polar surface area (TPSA) is 61.8 Å². The lowest BCUT2D eigenvalue weighted by Crippen LogP contribution is -2.13. The third-order valence-corrected chi connectivity index (χ3v) is 3.51. The van der Waals surface area contributed by atoms with E-state index in [4.69, 9.17) is 14.2 Å². The van der Waals surface area contributed by atoms with Crippen molar-refractivity contribution < 1.29 is 23.8 Å². The molecule has 0 aliphatic heterocycles. The quantitative estimate of drug-likeness (QED) is 0.543. The third-order valence-electron chi connectivity index (χ3n) is 3.02. The van der Waals surface area contributed by atoms with Crippen LogP contribution < -0.4 is 9.47 Å². The Morgan fingerprint density at radius 3 is 2.50 bits per heavy atom. The summed E-state index contributed by atoms with van der Waals surface area (Å²) in [5.74, 6) is -0.411. The van der Waals surface area contributed by atoms with Gasteiger partial charge in [-0.05, 0) is 50.2 Å². The van der Waals surface area contributed by atoms with Crippen molar-refractivity contribution in [1.29, 1.82) is 0 Å². The summed E-state index contributed by atoms with van der Waals surface area (Å²) in [6.45, 7) is 4.30. The molecule has 0 saturated heterocycles. The Kier molecular flexibility index (Phi) is 6.37.